The first-order chi connectivity index (χ1) is 11.5. The predicted octanol–water partition coefficient (Wildman–Crippen LogP) is 2.41. The molecule has 1 fully saturated rings. The molecule has 5 heteroatoms. The predicted molar refractivity (Wildman–Crippen MR) is 92.6 cm³/mol. The molecule has 2 rings (SSSR count). The molecular formula is C19H26N2O3. The lowest BCUT2D eigenvalue weighted by atomic mass is 10.0. The van der Waals surface area contributed by atoms with E-state index in [0.29, 0.717) is 30.9 Å². The van der Waals surface area contributed by atoms with Gasteiger partial charge in [-0.25, -0.2) is 0 Å². The van der Waals surface area contributed by atoms with Crippen LogP contribution in [0.15, 0.2) is 30.3 Å². The number of benzene rings is 1. The van der Waals surface area contributed by atoms with Crippen molar-refractivity contribution >= 4 is 18.1 Å². The summed E-state index contributed by atoms with van der Waals surface area (Å²) in [5, 5.41) is 2.96. The molecule has 2 atom stereocenters. The van der Waals surface area contributed by atoms with Crippen LogP contribution in [0.3, 0.4) is 0 Å². The van der Waals surface area contributed by atoms with Gasteiger partial charge < -0.3 is 15.0 Å². The third-order valence-corrected chi connectivity index (χ3v) is 4.32. The molecule has 1 heterocycles. The van der Waals surface area contributed by atoms with E-state index < -0.39 is 6.04 Å². The minimum atomic E-state index is -0.445. The van der Waals surface area contributed by atoms with E-state index in [1.807, 2.05) is 18.2 Å². The van der Waals surface area contributed by atoms with E-state index in [4.69, 9.17) is 0 Å². The number of likely N-dealkylation sites (tertiary alicyclic amines) is 1. The largest absolute Gasteiger partial charge is 0.351 e. The molecule has 130 valence electrons. The Bertz CT molecular complexity index is 571. The average Bonchev–Trinajstić information content (AvgIpc) is 3.04. The van der Waals surface area contributed by atoms with Gasteiger partial charge in [0.05, 0.1) is 0 Å². The fraction of sp³-hybridized carbons (Fsp3) is 0.526. The van der Waals surface area contributed by atoms with Crippen LogP contribution in [-0.2, 0) is 9.59 Å². The summed E-state index contributed by atoms with van der Waals surface area (Å²) in [4.78, 5) is 37.8. The van der Waals surface area contributed by atoms with E-state index in [2.05, 4.69) is 19.2 Å². The number of rotatable bonds is 7. The maximum Gasteiger partial charge on any atom is 0.254 e. The van der Waals surface area contributed by atoms with Crippen molar-refractivity contribution in [3.05, 3.63) is 35.9 Å². The van der Waals surface area contributed by atoms with Crippen molar-refractivity contribution < 1.29 is 14.4 Å². The number of carbonyl (C=O) groups excluding carboxylic acids is 3. The molecule has 2 amide bonds. The van der Waals surface area contributed by atoms with Gasteiger partial charge in [-0.3, -0.25) is 9.59 Å². The van der Waals surface area contributed by atoms with Crippen molar-refractivity contribution in [3.63, 3.8) is 0 Å². The van der Waals surface area contributed by atoms with E-state index >= 15 is 0 Å². The second-order valence-corrected chi connectivity index (χ2v) is 6.76. The Kier molecular flexibility index (Phi) is 6.53. The third kappa shape index (κ3) is 4.66. The maximum atomic E-state index is 12.6. The molecule has 5 nitrogen and oxygen atoms in total. The molecule has 0 aromatic heterocycles. The zero-order chi connectivity index (χ0) is 17.5. The van der Waals surface area contributed by atoms with Crippen molar-refractivity contribution in [2.24, 2.45) is 5.92 Å². The van der Waals surface area contributed by atoms with E-state index in [9.17, 15) is 14.4 Å². The molecule has 0 saturated carbocycles. The zero-order valence-electron chi connectivity index (χ0n) is 14.4. The first-order valence-corrected chi connectivity index (χ1v) is 8.63. The van der Waals surface area contributed by atoms with E-state index in [1.54, 1.807) is 17.0 Å². The van der Waals surface area contributed by atoms with Crippen LogP contribution in [-0.4, -0.2) is 41.6 Å². The van der Waals surface area contributed by atoms with Crippen LogP contribution in [0, 0.1) is 5.92 Å². The number of nitrogens with zero attached hydrogens (tertiary/aromatic N) is 1. The van der Waals surface area contributed by atoms with Gasteiger partial charge in [0, 0.05) is 24.6 Å². The minimum absolute atomic E-state index is 0.107. The Morgan fingerprint density at radius 2 is 2.00 bits per heavy atom. The van der Waals surface area contributed by atoms with Crippen LogP contribution >= 0.6 is 0 Å². The maximum absolute atomic E-state index is 12.6. The Hall–Kier alpha value is -2.17. The Morgan fingerprint density at radius 3 is 2.62 bits per heavy atom. The van der Waals surface area contributed by atoms with Crippen LogP contribution < -0.4 is 5.32 Å². The molecule has 1 aromatic carbocycles. The topological polar surface area (TPSA) is 66.5 Å². The third-order valence-electron chi connectivity index (χ3n) is 4.32. The zero-order valence-corrected chi connectivity index (χ0v) is 14.4. The van der Waals surface area contributed by atoms with Crippen LogP contribution in [0.25, 0.3) is 0 Å². The van der Waals surface area contributed by atoms with E-state index in [0.717, 1.165) is 19.1 Å². The smallest absolute Gasteiger partial charge is 0.254 e. The first kappa shape index (κ1) is 18.2. The summed E-state index contributed by atoms with van der Waals surface area (Å²) in [5.41, 5.74) is 0.601. The summed E-state index contributed by atoms with van der Waals surface area (Å²) in [7, 11) is 0. The summed E-state index contributed by atoms with van der Waals surface area (Å²) in [6.07, 6.45) is 3.39. The standard InChI is InChI=1S/C19H26N2O3/c1-14(2)13-16(10-12-22)20-18(23)17-9-6-11-21(17)19(24)15-7-4-3-5-8-15/h3-5,7-8,12,14,16-17H,6,9-11,13H2,1-2H3,(H,20,23)/t16-,17+/m1/s1. The highest BCUT2D eigenvalue weighted by Crippen LogP contribution is 2.21. The molecule has 24 heavy (non-hydrogen) atoms. The first-order valence-electron chi connectivity index (χ1n) is 8.63. The molecule has 0 unspecified atom stereocenters. The number of aldehydes is 1. The lowest BCUT2D eigenvalue weighted by Crippen LogP contribution is -2.49. The lowest BCUT2D eigenvalue weighted by Gasteiger charge is -2.26. The Balaban J connectivity index is 2.04. The van der Waals surface area contributed by atoms with Gasteiger partial charge in [-0.15, -0.1) is 0 Å². The van der Waals surface area contributed by atoms with Crippen LogP contribution in [0.5, 0.6) is 0 Å². The van der Waals surface area contributed by atoms with Gasteiger partial charge in [0.1, 0.15) is 12.3 Å². The number of amides is 2. The summed E-state index contributed by atoms with van der Waals surface area (Å²) in [5.74, 6) is 0.134. The summed E-state index contributed by atoms with van der Waals surface area (Å²) >= 11 is 0. The Morgan fingerprint density at radius 1 is 1.29 bits per heavy atom. The molecule has 1 aromatic rings. The molecule has 0 aliphatic carbocycles. The van der Waals surface area contributed by atoms with E-state index in [1.165, 1.54) is 0 Å². The van der Waals surface area contributed by atoms with Crippen LogP contribution in [0.4, 0.5) is 0 Å². The van der Waals surface area contributed by atoms with Crippen molar-refractivity contribution in [1.29, 1.82) is 0 Å². The van der Waals surface area contributed by atoms with Gasteiger partial charge in [0.25, 0.3) is 5.91 Å². The second-order valence-electron chi connectivity index (χ2n) is 6.76. The van der Waals surface area contributed by atoms with Gasteiger partial charge in [-0.2, -0.15) is 0 Å². The van der Waals surface area contributed by atoms with Crippen molar-refractivity contribution in [3.8, 4) is 0 Å². The van der Waals surface area contributed by atoms with Crippen molar-refractivity contribution in [2.75, 3.05) is 6.54 Å². The van der Waals surface area contributed by atoms with Crippen molar-refractivity contribution in [1.82, 2.24) is 10.2 Å². The summed E-state index contributed by atoms with van der Waals surface area (Å²) in [6.45, 7) is 4.71. The fourth-order valence-corrected chi connectivity index (χ4v) is 3.23. The van der Waals surface area contributed by atoms with Crippen molar-refractivity contribution in [2.45, 2.75) is 51.6 Å². The van der Waals surface area contributed by atoms with Crippen LogP contribution in [0.1, 0.15) is 49.9 Å². The monoisotopic (exact) mass is 330 g/mol. The summed E-state index contributed by atoms with van der Waals surface area (Å²) < 4.78 is 0. The minimum Gasteiger partial charge on any atom is -0.351 e. The number of carbonyl (C=O) groups is 3. The molecule has 0 bridgehead atoms. The number of hydrogen-bond acceptors (Lipinski definition) is 3. The highest BCUT2D eigenvalue weighted by molar-refractivity contribution is 5.98. The second kappa shape index (κ2) is 8.62. The van der Waals surface area contributed by atoms with Gasteiger partial charge in [0.15, 0.2) is 0 Å². The molecule has 1 aliphatic heterocycles. The van der Waals surface area contributed by atoms with Crippen LogP contribution in [0.2, 0.25) is 0 Å². The molecular weight excluding hydrogens is 304 g/mol. The van der Waals surface area contributed by atoms with E-state index in [-0.39, 0.29) is 17.9 Å². The van der Waals surface area contributed by atoms with Gasteiger partial charge in [0.2, 0.25) is 5.91 Å². The molecule has 0 spiro atoms. The average molecular weight is 330 g/mol. The van der Waals surface area contributed by atoms with Gasteiger partial charge in [-0.05, 0) is 37.3 Å². The molecule has 1 aliphatic rings. The van der Waals surface area contributed by atoms with Gasteiger partial charge in [-0.1, -0.05) is 32.0 Å². The normalized spacial score (nSPS) is 18.5. The number of nitrogens with one attached hydrogen (secondary N) is 1. The molecule has 0 radical (unpaired) electrons. The molecule has 1 N–H and O–H groups in total. The Labute approximate surface area is 143 Å². The fourth-order valence-electron chi connectivity index (χ4n) is 3.23. The van der Waals surface area contributed by atoms with Gasteiger partial charge >= 0.3 is 0 Å². The molecule has 1 saturated heterocycles. The SMILES string of the molecule is CC(C)C[C@@H](CC=O)NC(=O)[C@@H]1CCCN1C(=O)c1ccccc1. The highest BCUT2D eigenvalue weighted by Gasteiger charge is 2.35. The number of hydrogen-bond donors (Lipinski definition) is 1. The quantitative estimate of drug-likeness (QED) is 0.781. The lowest BCUT2D eigenvalue weighted by molar-refractivity contribution is -0.125. The summed E-state index contributed by atoms with van der Waals surface area (Å²) in [6, 6.07) is 8.43. The highest BCUT2D eigenvalue weighted by atomic mass is 16.2.